The van der Waals surface area contributed by atoms with E-state index in [2.05, 4.69) is 10.0 Å². The molecule has 8 nitrogen and oxygen atoms in total. The number of hydrogen-bond acceptors (Lipinski definition) is 6. The molecule has 0 aliphatic carbocycles. The number of aliphatic hydroxyl groups is 1. The summed E-state index contributed by atoms with van der Waals surface area (Å²) >= 11 is 0. The van der Waals surface area contributed by atoms with Crippen molar-refractivity contribution in [3.8, 4) is 6.07 Å². The summed E-state index contributed by atoms with van der Waals surface area (Å²) in [5.74, 6) is -0.655. The summed E-state index contributed by atoms with van der Waals surface area (Å²) in [5.41, 5.74) is 2.01. The Labute approximate surface area is 203 Å². The summed E-state index contributed by atoms with van der Waals surface area (Å²) < 4.78 is 46.0. The molecule has 1 aliphatic rings. The highest BCUT2D eigenvalue weighted by Crippen LogP contribution is 2.32. The van der Waals surface area contributed by atoms with Crippen molar-refractivity contribution in [1.29, 1.82) is 10.0 Å². The van der Waals surface area contributed by atoms with Crippen LogP contribution < -0.4 is 10.0 Å². The van der Waals surface area contributed by atoms with Gasteiger partial charge in [-0.05, 0) is 30.7 Å². The standard InChI is InChI=1S/C25H26FN5O3S/c1-16(34-15-17-6-4-3-5-7-17)22-11-9-20-23(35(28,33)30-22)14-31(2)24(20)25(32)29-19-8-10-21(26)18(12-19)13-27/h3-12,14,16,22,25,29,32H,15H2,1-2H3,(H2,28,30,33)/t16-,22-,25?,35?/m1/s1. The molecule has 4 N–H and O–H groups in total. The van der Waals surface area contributed by atoms with Crippen LogP contribution in [0.15, 0.2) is 65.7 Å². The molecule has 2 heterocycles. The van der Waals surface area contributed by atoms with Gasteiger partial charge in [0.05, 0.1) is 34.9 Å². The van der Waals surface area contributed by atoms with Gasteiger partial charge in [0.1, 0.15) is 21.8 Å². The fourth-order valence-electron chi connectivity index (χ4n) is 3.95. The zero-order valence-electron chi connectivity index (χ0n) is 19.2. The van der Waals surface area contributed by atoms with Gasteiger partial charge in [-0.1, -0.05) is 42.5 Å². The van der Waals surface area contributed by atoms with Crippen LogP contribution >= 0.6 is 0 Å². The van der Waals surface area contributed by atoms with Crippen LogP contribution in [0.4, 0.5) is 10.1 Å². The largest absolute Gasteiger partial charge is 0.372 e. The average Bonchev–Trinajstić information content (AvgIpc) is 3.12. The lowest BCUT2D eigenvalue weighted by molar-refractivity contribution is 0.0425. The van der Waals surface area contributed by atoms with Crippen LogP contribution in [0.5, 0.6) is 0 Å². The van der Waals surface area contributed by atoms with Gasteiger partial charge in [-0.2, -0.15) is 5.26 Å². The highest BCUT2D eigenvalue weighted by Gasteiger charge is 2.30. The molecule has 0 saturated heterocycles. The Hall–Kier alpha value is -3.49. The van der Waals surface area contributed by atoms with Crippen LogP contribution in [0.1, 0.15) is 35.5 Å². The van der Waals surface area contributed by atoms with Crippen molar-refractivity contribution in [2.24, 2.45) is 7.05 Å². The number of nitriles is 1. The number of aliphatic hydroxyl groups excluding tert-OH is 1. The second kappa shape index (κ2) is 10.0. The van der Waals surface area contributed by atoms with Crippen molar-refractivity contribution in [1.82, 2.24) is 9.29 Å². The maximum atomic E-state index is 13.7. The zero-order valence-corrected chi connectivity index (χ0v) is 20.1. The Morgan fingerprint density at radius 2 is 2.09 bits per heavy atom. The van der Waals surface area contributed by atoms with Crippen LogP contribution in [0.25, 0.3) is 6.08 Å². The van der Waals surface area contributed by atoms with E-state index in [0.717, 1.165) is 11.6 Å². The first-order valence-electron chi connectivity index (χ1n) is 10.9. The molecule has 1 aliphatic heterocycles. The molecular weight excluding hydrogens is 469 g/mol. The van der Waals surface area contributed by atoms with E-state index in [0.29, 0.717) is 23.6 Å². The maximum absolute atomic E-state index is 13.7. The first kappa shape index (κ1) is 24.6. The van der Waals surface area contributed by atoms with E-state index in [1.165, 1.54) is 12.1 Å². The van der Waals surface area contributed by atoms with Crippen LogP contribution in [-0.4, -0.2) is 26.0 Å². The van der Waals surface area contributed by atoms with E-state index in [-0.39, 0.29) is 16.6 Å². The van der Waals surface area contributed by atoms with Gasteiger partial charge >= 0.3 is 0 Å². The van der Waals surface area contributed by atoms with E-state index in [4.69, 9.17) is 14.8 Å². The van der Waals surface area contributed by atoms with Crippen molar-refractivity contribution in [3.63, 3.8) is 0 Å². The molecule has 0 saturated carbocycles. The van der Waals surface area contributed by atoms with Crippen molar-refractivity contribution >= 4 is 21.7 Å². The second-order valence-corrected chi connectivity index (χ2v) is 10.1. The number of rotatable bonds is 7. The zero-order chi connectivity index (χ0) is 25.2. The van der Waals surface area contributed by atoms with E-state index >= 15 is 0 Å². The summed E-state index contributed by atoms with van der Waals surface area (Å²) in [6, 6.07) is 14.8. The van der Waals surface area contributed by atoms with Crippen molar-refractivity contribution in [3.05, 3.63) is 89.0 Å². The fraction of sp³-hybridized carbons (Fsp3) is 0.240. The monoisotopic (exact) mass is 495 g/mol. The van der Waals surface area contributed by atoms with Crippen LogP contribution in [-0.2, 0) is 28.3 Å². The second-order valence-electron chi connectivity index (χ2n) is 8.32. The Morgan fingerprint density at radius 3 is 2.80 bits per heavy atom. The highest BCUT2D eigenvalue weighted by molar-refractivity contribution is 7.90. The minimum Gasteiger partial charge on any atom is -0.372 e. The summed E-state index contributed by atoms with van der Waals surface area (Å²) in [7, 11) is -1.75. The molecule has 35 heavy (non-hydrogen) atoms. The summed E-state index contributed by atoms with van der Waals surface area (Å²) in [6.45, 7) is 2.21. The lowest BCUT2D eigenvalue weighted by Crippen LogP contribution is -2.40. The van der Waals surface area contributed by atoms with Crippen molar-refractivity contribution < 1.29 is 18.4 Å². The molecule has 3 aromatic rings. The van der Waals surface area contributed by atoms with Crippen molar-refractivity contribution in [2.45, 2.75) is 36.8 Å². The van der Waals surface area contributed by atoms with Crippen molar-refractivity contribution in [2.75, 3.05) is 5.32 Å². The van der Waals surface area contributed by atoms with E-state index < -0.39 is 28.0 Å². The molecule has 182 valence electrons. The number of aryl methyl sites for hydroxylation is 1. The van der Waals surface area contributed by atoms with Gasteiger partial charge in [0.25, 0.3) is 0 Å². The maximum Gasteiger partial charge on any atom is 0.166 e. The summed E-state index contributed by atoms with van der Waals surface area (Å²) in [4.78, 5) is 0.238. The minimum atomic E-state index is -3.42. The Bertz CT molecular complexity index is 1400. The van der Waals surface area contributed by atoms with Gasteiger partial charge < -0.3 is 19.7 Å². The van der Waals surface area contributed by atoms with Gasteiger partial charge in [0.2, 0.25) is 0 Å². The molecule has 0 radical (unpaired) electrons. The lowest BCUT2D eigenvalue weighted by Gasteiger charge is -2.22. The molecule has 10 heteroatoms. The van der Waals surface area contributed by atoms with Gasteiger partial charge in [-0.3, -0.25) is 0 Å². The Kier molecular flexibility index (Phi) is 7.05. The first-order chi connectivity index (χ1) is 16.7. The fourth-order valence-corrected chi connectivity index (χ4v) is 5.52. The predicted octanol–water partition coefficient (Wildman–Crippen LogP) is 4.05. The number of ether oxygens (including phenoxy) is 1. The number of nitrogens with zero attached hydrogens (tertiary/aromatic N) is 2. The molecular formula is C25H26FN5O3S. The number of benzene rings is 2. The van der Waals surface area contributed by atoms with Crippen LogP contribution in [0.3, 0.4) is 0 Å². The molecule has 4 atom stereocenters. The lowest BCUT2D eigenvalue weighted by atomic mass is 10.1. The normalized spacial score (nSPS) is 20.9. The predicted molar refractivity (Wildman–Crippen MR) is 131 cm³/mol. The van der Waals surface area contributed by atoms with E-state index in [1.807, 2.05) is 37.3 Å². The first-order valence-corrected chi connectivity index (χ1v) is 12.5. The average molecular weight is 496 g/mol. The molecule has 0 amide bonds. The number of anilines is 1. The molecule has 1 aromatic heterocycles. The Balaban J connectivity index is 1.58. The van der Waals surface area contributed by atoms with Gasteiger partial charge in [-0.15, -0.1) is 0 Å². The molecule has 0 bridgehead atoms. The smallest absolute Gasteiger partial charge is 0.166 e. The van der Waals surface area contributed by atoms with E-state index in [1.54, 1.807) is 36.0 Å². The van der Waals surface area contributed by atoms with Crippen LogP contribution in [0.2, 0.25) is 0 Å². The Morgan fingerprint density at radius 1 is 1.34 bits per heavy atom. The number of halogens is 1. The number of nitrogens with one attached hydrogen (secondary N) is 3. The van der Waals surface area contributed by atoms with Crippen LogP contribution in [0, 0.1) is 21.9 Å². The third kappa shape index (κ3) is 5.28. The topological polar surface area (TPSA) is 123 Å². The minimum absolute atomic E-state index is 0.154. The molecule has 0 fully saturated rings. The third-order valence-electron chi connectivity index (χ3n) is 5.82. The van der Waals surface area contributed by atoms with Gasteiger partial charge in [0.15, 0.2) is 6.23 Å². The number of aromatic nitrogens is 1. The SMILES string of the molecule is C[C@@H](OCc1ccccc1)[C@H]1C=Cc2c(cn(C)c2C(O)Nc2ccc(F)c(C#N)c2)S(=N)(=O)N1. The molecule has 4 rings (SSSR count). The van der Waals surface area contributed by atoms with Gasteiger partial charge in [0, 0.05) is 24.5 Å². The molecule has 2 aromatic carbocycles. The highest BCUT2D eigenvalue weighted by atomic mass is 32.2. The van der Waals surface area contributed by atoms with Gasteiger partial charge in [-0.25, -0.2) is 18.1 Å². The third-order valence-corrected chi connectivity index (χ3v) is 7.37. The number of hydrogen-bond donors (Lipinski definition) is 4. The molecule has 0 spiro atoms. The number of fused-ring (bicyclic) bond motifs is 1. The quantitative estimate of drug-likeness (QED) is 0.368. The molecule has 2 unspecified atom stereocenters. The van der Waals surface area contributed by atoms with E-state index in [9.17, 15) is 13.7 Å². The summed E-state index contributed by atoms with van der Waals surface area (Å²) in [5, 5.41) is 22.8. The summed E-state index contributed by atoms with van der Waals surface area (Å²) in [6.07, 6.45) is 3.39.